The number of nitrogens with zero attached hydrogens (tertiary/aromatic N) is 3. The van der Waals surface area contributed by atoms with E-state index in [2.05, 4.69) is 20.7 Å². The second-order valence-corrected chi connectivity index (χ2v) is 7.79. The minimum atomic E-state index is -1.07. The summed E-state index contributed by atoms with van der Waals surface area (Å²) in [6.07, 6.45) is 2.72. The van der Waals surface area contributed by atoms with E-state index in [0.29, 0.717) is 47.2 Å². The van der Waals surface area contributed by atoms with Crippen LogP contribution in [0.3, 0.4) is 0 Å². The molecular weight excluding hydrogens is 361 g/mol. The van der Waals surface area contributed by atoms with E-state index in [1.807, 2.05) is 0 Å². The molecule has 2 N–H and O–H groups in total. The molecule has 0 atom stereocenters. The number of aromatic nitrogens is 3. The molecule has 3 fully saturated rings. The van der Waals surface area contributed by atoms with Crippen LogP contribution in [0.4, 0.5) is 10.1 Å². The quantitative estimate of drug-likeness (QED) is 0.729. The summed E-state index contributed by atoms with van der Waals surface area (Å²) >= 11 is 0. The number of nitrogens with one attached hydrogen (secondary N) is 2. The number of fused-ring (bicyclic) bond motifs is 1. The highest BCUT2D eigenvalue weighted by Crippen LogP contribution is 2.62. The minimum Gasteiger partial charge on any atom is -0.345 e. The maximum atomic E-state index is 13.7. The number of anilines is 1. The number of aryl methyl sites for hydroxylation is 1. The highest BCUT2D eigenvalue weighted by atomic mass is 19.1. The van der Waals surface area contributed by atoms with Crippen LogP contribution in [0, 0.1) is 0 Å². The minimum absolute atomic E-state index is 0.294. The second kappa shape index (κ2) is 5.60. The van der Waals surface area contributed by atoms with E-state index in [1.54, 1.807) is 54.3 Å². The molecule has 0 radical (unpaired) electrons. The number of rotatable bonds is 4. The molecule has 0 spiro atoms. The van der Waals surface area contributed by atoms with Gasteiger partial charge in [-0.05, 0) is 30.3 Å². The lowest BCUT2D eigenvalue weighted by Gasteiger charge is -2.65. The number of alkyl halides is 1. The van der Waals surface area contributed by atoms with Crippen LogP contribution in [0.1, 0.15) is 40.2 Å². The summed E-state index contributed by atoms with van der Waals surface area (Å²) in [5.74, 6) is -0.610. The number of pyridine rings is 1. The Morgan fingerprint density at radius 1 is 1.14 bits per heavy atom. The molecule has 0 aliphatic heterocycles. The first kappa shape index (κ1) is 16.9. The Hall–Kier alpha value is -3.29. The monoisotopic (exact) mass is 379 g/mol. The van der Waals surface area contributed by atoms with Crippen molar-refractivity contribution >= 4 is 28.4 Å². The van der Waals surface area contributed by atoms with Gasteiger partial charge in [-0.2, -0.15) is 5.10 Å². The number of amides is 2. The van der Waals surface area contributed by atoms with Gasteiger partial charge in [0.05, 0.1) is 5.52 Å². The van der Waals surface area contributed by atoms with Crippen LogP contribution < -0.4 is 10.6 Å². The van der Waals surface area contributed by atoms with Gasteiger partial charge in [-0.25, -0.2) is 4.39 Å². The van der Waals surface area contributed by atoms with E-state index < -0.39 is 11.2 Å². The van der Waals surface area contributed by atoms with Gasteiger partial charge in [-0.1, -0.05) is 6.07 Å². The first-order valence-corrected chi connectivity index (χ1v) is 9.07. The molecule has 2 aromatic heterocycles. The fourth-order valence-corrected chi connectivity index (χ4v) is 4.29. The van der Waals surface area contributed by atoms with Crippen LogP contribution >= 0.6 is 0 Å². The molecule has 0 saturated heterocycles. The maximum Gasteiger partial charge on any atom is 0.274 e. The molecule has 2 bridgehead atoms. The summed E-state index contributed by atoms with van der Waals surface area (Å²) in [6.45, 7) is 0. The number of hydrogen-bond acceptors (Lipinski definition) is 4. The third-order valence-electron chi connectivity index (χ3n) is 5.57. The van der Waals surface area contributed by atoms with Crippen LogP contribution in [-0.4, -0.2) is 37.8 Å². The van der Waals surface area contributed by atoms with Crippen molar-refractivity contribution in [2.75, 3.05) is 5.32 Å². The van der Waals surface area contributed by atoms with Gasteiger partial charge in [0.25, 0.3) is 11.8 Å². The van der Waals surface area contributed by atoms with Crippen molar-refractivity contribution in [1.82, 2.24) is 20.1 Å². The van der Waals surface area contributed by atoms with E-state index in [1.165, 1.54) is 0 Å². The molecular formula is C20H18FN5O2. The lowest BCUT2D eigenvalue weighted by atomic mass is 9.47. The Kier molecular flexibility index (Phi) is 3.37. The predicted molar refractivity (Wildman–Crippen MR) is 101 cm³/mol. The molecule has 142 valence electrons. The lowest BCUT2D eigenvalue weighted by molar-refractivity contribution is -0.162. The number of carbonyl (C=O) groups excluding carboxylic acids is 2. The predicted octanol–water partition coefficient (Wildman–Crippen LogP) is 2.60. The second-order valence-electron chi connectivity index (χ2n) is 7.79. The number of carbonyl (C=O) groups is 2. The maximum absolute atomic E-state index is 13.7. The zero-order chi connectivity index (χ0) is 19.5. The van der Waals surface area contributed by atoms with Crippen molar-refractivity contribution in [3.05, 3.63) is 54.0 Å². The summed E-state index contributed by atoms with van der Waals surface area (Å²) in [4.78, 5) is 29.0. The summed E-state index contributed by atoms with van der Waals surface area (Å²) in [7, 11) is 1.74. The van der Waals surface area contributed by atoms with Crippen LogP contribution in [0.25, 0.3) is 10.9 Å². The summed E-state index contributed by atoms with van der Waals surface area (Å²) in [5, 5.41) is 10.7. The Balaban J connectivity index is 1.38. The smallest absolute Gasteiger partial charge is 0.274 e. The molecule has 2 heterocycles. The van der Waals surface area contributed by atoms with Crippen molar-refractivity contribution in [1.29, 1.82) is 0 Å². The highest BCUT2D eigenvalue weighted by Gasteiger charge is 2.70. The summed E-state index contributed by atoms with van der Waals surface area (Å²) < 4.78 is 15.3. The van der Waals surface area contributed by atoms with E-state index >= 15 is 0 Å². The molecule has 6 rings (SSSR count). The molecule has 1 aromatic carbocycles. The first-order valence-electron chi connectivity index (χ1n) is 9.07. The third-order valence-corrected chi connectivity index (χ3v) is 5.57. The Morgan fingerprint density at radius 3 is 2.61 bits per heavy atom. The van der Waals surface area contributed by atoms with Gasteiger partial charge >= 0.3 is 0 Å². The molecule has 28 heavy (non-hydrogen) atoms. The molecule has 8 heteroatoms. The van der Waals surface area contributed by atoms with Crippen molar-refractivity contribution in [3.63, 3.8) is 0 Å². The Bertz CT molecular complexity index is 1100. The average Bonchev–Trinajstić information content (AvgIpc) is 2.97. The van der Waals surface area contributed by atoms with Crippen molar-refractivity contribution in [3.8, 4) is 0 Å². The zero-order valence-electron chi connectivity index (χ0n) is 15.2. The Morgan fingerprint density at radius 2 is 1.93 bits per heavy atom. The average molecular weight is 379 g/mol. The molecule has 3 aliphatic carbocycles. The van der Waals surface area contributed by atoms with E-state index in [9.17, 15) is 14.0 Å². The van der Waals surface area contributed by atoms with Gasteiger partial charge in [0.15, 0.2) is 5.69 Å². The van der Waals surface area contributed by atoms with Gasteiger partial charge in [-0.15, -0.1) is 0 Å². The van der Waals surface area contributed by atoms with Crippen molar-refractivity contribution in [2.24, 2.45) is 7.05 Å². The van der Waals surface area contributed by atoms with Gasteiger partial charge in [0.1, 0.15) is 11.4 Å². The van der Waals surface area contributed by atoms with Gasteiger partial charge in [-0.3, -0.25) is 19.3 Å². The number of hydrogen-bond donors (Lipinski definition) is 2. The van der Waals surface area contributed by atoms with Gasteiger partial charge in [0, 0.05) is 49.1 Å². The van der Waals surface area contributed by atoms with Crippen LogP contribution in [0.5, 0.6) is 0 Å². The normalized spacial score (nSPS) is 24.9. The molecule has 2 amide bonds. The fourth-order valence-electron chi connectivity index (χ4n) is 4.29. The summed E-state index contributed by atoms with van der Waals surface area (Å²) in [5.41, 5.74) is 0.446. The Labute approximate surface area is 159 Å². The SMILES string of the molecule is Cn1nc(C(=O)NC23CC(F)(C2)C3)c2ccc(NC(=O)c3ccccn3)cc21. The molecule has 3 aliphatic rings. The summed E-state index contributed by atoms with van der Waals surface area (Å²) in [6, 6.07) is 10.4. The first-order chi connectivity index (χ1) is 13.4. The van der Waals surface area contributed by atoms with E-state index in [-0.39, 0.29) is 11.8 Å². The highest BCUT2D eigenvalue weighted by molar-refractivity contribution is 6.07. The van der Waals surface area contributed by atoms with Crippen LogP contribution in [0.2, 0.25) is 0 Å². The van der Waals surface area contributed by atoms with Crippen molar-refractivity contribution < 1.29 is 14.0 Å². The van der Waals surface area contributed by atoms with Gasteiger partial charge in [0.2, 0.25) is 0 Å². The lowest BCUT2D eigenvalue weighted by Crippen LogP contribution is -2.76. The standard InChI is InChI=1S/C20H18FN5O2/c1-26-15-8-12(23-17(27)14-4-2-3-7-22-14)5-6-13(15)16(25-26)18(28)24-20-9-19(21,10-20)11-20/h2-8H,9-11H2,1H3,(H,23,27)(H,24,28). The number of halogens is 1. The topological polar surface area (TPSA) is 88.9 Å². The van der Waals surface area contributed by atoms with Gasteiger partial charge < -0.3 is 10.6 Å². The van der Waals surface area contributed by atoms with E-state index in [0.717, 1.165) is 0 Å². The third kappa shape index (κ3) is 2.56. The molecule has 3 aromatic rings. The molecule has 7 nitrogen and oxygen atoms in total. The largest absolute Gasteiger partial charge is 0.345 e. The molecule has 3 saturated carbocycles. The van der Waals surface area contributed by atoms with Crippen LogP contribution in [0.15, 0.2) is 42.6 Å². The van der Waals surface area contributed by atoms with Crippen LogP contribution in [-0.2, 0) is 7.05 Å². The van der Waals surface area contributed by atoms with Crippen molar-refractivity contribution in [2.45, 2.75) is 30.5 Å². The van der Waals surface area contributed by atoms with E-state index in [4.69, 9.17) is 0 Å². The number of benzene rings is 1. The molecule has 0 unspecified atom stereocenters. The zero-order valence-corrected chi connectivity index (χ0v) is 15.2. The fraction of sp³-hybridized carbons (Fsp3) is 0.300.